The Morgan fingerprint density at radius 1 is 1.26 bits per heavy atom. The molecule has 0 radical (unpaired) electrons. The quantitative estimate of drug-likeness (QED) is 0.672. The van der Waals surface area contributed by atoms with Crippen molar-refractivity contribution in [2.24, 2.45) is 5.92 Å². The largest absolute Gasteiger partial charge is 0.399 e. The molecule has 106 valence electrons. The van der Waals surface area contributed by atoms with Crippen LogP contribution in [0.3, 0.4) is 0 Å². The smallest absolute Gasteiger partial charge is 0.159 e. The molecule has 1 aliphatic heterocycles. The van der Waals surface area contributed by atoms with Crippen molar-refractivity contribution in [3.05, 3.63) is 24.0 Å². The first kappa shape index (κ1) is 14.1. The van der Waals surface area contributed by atoms with E-state index in [0.717, 1.165) is 25.9 Å². The molecule has 0 atom stereocenters. The minimum Gasteiger partial charge on any atom is -0.399 e. The Labute approximate surface area is 113 Å². The molecule has 0 bridgehead atoms. The maximum atomic E-state index is 13.9. The summed E-state index contributed by atoms with van der Waals surface area (Å²) in [6.07, 6.45) is 1.69. The lowest BCUT2D eigenvalue weighted by Gasteiger charge is -2.36. The van der Waals surface area contributed by atoms with E-state index in [1.807, 2.05) is 4.90 Å². The highest BCUT2D eigenvalue weighted by Gasteiger charge is 2.27. The van der Waals surface area contributed by atoms with E-state index in [2.05, 4.69) is 0 Å². The zero-order valence-corrected chi connectivity index (χ0v) is 11.4. The molecule has 1 aliphatic rings. The molecule has 2 N–H and O–H groups in total. The van der Waals surface area contributed by atoms with Crippen LogP contribution in [0.1, 0.15) is 12.8 Å². The molecule has 1 saturated heterocycles. The Bertz CT molecular complexity index is 416. The first-order valence-corrected chi connectivity index (χ1v) is 6.51. The fourth-order valence-corrected chi connectivity index (χ4v) is 2.67. The van der Waals surface area contributed by atoms with E-state index in [-0.39, 0.29) is 12.1 Å². The fraction of sp³-hybridized carbons (Fsp3) is 0.571. The fourth-order valence-electron chi connectivity index (χ4n) is 2.67. The molecule has 0 aliphatic carbocycles. The van der Waals surface area contributed by atoms with Gasteiger partial charge in [-0.3, -0.25) is 0 Å². The second-order valence-corrected chi connectivity index (χ2v) is 4.88. The second kappa shape index (κ2) is 6.21. The van der Waals surface area contributed by atoms with Gasteiger partial charge in [0.1, 0.15) is 5.82 Å². The van der Waals surface area contributed by atoms with Crippen molar-refractivity contribution in [3.63, 3.8) is 0 Å². The van der Waals surface area contributed by atoms with Gasteiger partial charge in [-0.25, -0.2) is 4.39 Å². The third-order valence-corrected chi connectivity index (χ3v) is 3.70. The van der Waals surface area contributed by atoms with Gasteiger partial charge in [-0.05, 0) is 31.0 Å². The number of halogens is 1. The molecular formula is C14H21FN2O2. The van der Waals surface area contributed by atoms with Gasteiger partial charge in [-0.15, -0.1) is 0 Å². The second-order valence-electron chi connectivity index (χ2n) is 4.88. The molecule has 0 saturated carbocycles. The maximum absolute atomic E-state index is 13.9. The number of rotatable bonds is 4. The van der Waals surface area contributed by atoms with Crippen molar-refractivity contribution in [3.8, 4) is 0 Å². The summed E-state index contributed by atoms with van der Waals surface area (Å²) in [5, 5.41) is 0. The number of anilines is 2. The number of benzene rings is 1. The van der Waals surface area contributed by atoms with Gasteiger partial charge in [0.2, 0.25) is 0 Å². The number of hydrogen-bond acceptors (Lipinski definition) is 4. The lowest BCUT2D eigenvalue weighted by atomic mass is 9.95. The Balaban J connectivity index is 1.99. The van der Waals surface area contributed by atoms with Gasteiger partial charge in [-0.1, -0.05) is 0 Å². The van der Waals surface area contributed by atoms with E-state index in [4.69, 9.17) is 15.2 Å². The molecule has 2 rings (SSSR count). The molecule has 0 amide bonds. The van der Waals surface area contributed by atoms with Crippen molar-refractivity contribution in [2.75, 3.05) is 37.9 Å². The molecule has 0 unspecified atom stereocenters. The molecule has 1 aromatic carbocycles. The van der Waals surface area contributed by atoms with Gasteiger partial charge >= 0.3 is 0 Å². The monoisotopic (exact) mass is 268 g/mol. The molecule has 1 fully saturated rings. The van der Waals surface area contributed by atoms with E-state index < -0.39 is 0 Å². The van der Waals surface area contributed by atoms with Crippen LogP contribution in [0.25, 0.3) is 0 Å². The third kappa shape index (κ3) is 3.16. The molecule has 0 aromatic heterocycles. The zero-order chi connectivity index (χ0) is 13.8. The highest BCUT2D eigenvalue weighted by Crippen LogP contribution is 2.29. The van der Waals surface area contributed by atoms with Crippen LogP contribution in [-0.4, -0.2) is 33.6 Å². The normalized spacial score (nSPS) is 17.2. The molecule has 4 nitrogen and oxygen atoms in total. The topological polar surface area (TPSA) is 47.7 Å². The molecule has 5 heteroatoms. The number of nitrogens with two attached hydrogens (primary N) is 1. The standard InChI is InChI=1S/C14H21FN2O2/c1-18-14(19-2)10-5-7-17(8-6-10)13-4-3-11(16)9-12(13)15/h3-4,9-10,14H,5-8,16H2,1-2H3. The van der Waals surface area contributed by atoms with Gasteiger partial charge < -0.3 is 20.1 Å². The van der Waals surface area contributed by atoms with E-state index in [1.54, 1.807) is 26.4 Å². The summed E-state index contributed by atoms with van der Waals surface area (Å²) in [5.41, 5.74) is 6.64. The number of nitrogen functional groups attached to an aromatic ring is 1. The van der Waals surface area contributed by atoms with Crippen LogP contribution in [-0.2, 0) is 9.47 Å². The zero-order valence-electron chi connectivity index (χ0n) is 11.4. The highest BCUT2D eigenvalue weighted by molar-refractivity contribution is 5.54. The molecule has 0 spiro atoms. The van der Waals surface area contributed by atoms with Crippen LogP contribution in [0.2, 0.25) is 0 Å². The van der Waals surface area contributed by atoms with Gasteiger partial charge in [0.25, 0.3) is 0 Å². The van der Waals surface area contributed by atoms with Gasteiger partial charge in [-0.2, -0.15) is 0 Å². The predicted molar refractivity (Wildman–Crippen MR) is 73.6 cm³/mol. The van der Waals surface area contributed by atoms with Crippen molar-refractivity contribution in [1.82, 2.24) is 0 Å². The van der Waals surface area contributed by atoms with E-state index in [0.29, 0.717) is 17.3 Å². The Kier molecular flexibility index (Phi) is 4.61. The lowest BCUT2D eigenvalue weighted by molar-refractivity contribution is -0.141. The SMILES string of the molecule is COC(OC)C1CCN(c2ccc(N)cc2F)CC1. The Morgan fingerprint density at radius 2 is 1.89 bits per heavy atom. The summed E-state index contributed by atoms with van der Waals surface area (Å²) in [4.78, 5) is 2.05. The van der Waals surface area contributed by atoms with Crippen LogP contribution >= 0.6 is 0 Å². The molecular weight excluding hydrogens is 247 g/mol. The number of piperidine rings is 1. The number of hydrogen-bond donors (Lipinski definition) is 1. The first-order chi connectivity index (χ1) is 9.15. The number of ether oxygens (including phenoxy) is 2. The summed E-state index contributed by atoms with van der Waals surface area (Å²) in [7, 11) is 3.31. The van der Waals surface area contributed by atoms with Crippen molar-refractivity contribution in [1.29, 1.82) is 0 Å². The van der Waals surface area contributed by atoms with Crippen LogP contribution in [0, 0.1) is 11.7 Å². The lowest BCUT2D eigenvalue weighted by Crippen LogP contribution is -2.39. The van der Waals surface area contributed by atoms with Crippen molar-refractivity contribution in [2.45, 2.75) is 19.1 Å². The third-order valence-electron chi connectivity index (χ3n) is 3.70. The summed E-state index contributed by atoms with van der Waals surface area (Å²) in [6.45, 7) is 1.60. The van der Waals surface area contributed by atoms with E-state index in [9.17, 15) is 4.39 Å². The number of methoxy groups -OCH3 is 2. The summed E-state index contributed by atoms with van der Waals surface area (Å²) in [6, 6.07) is 4.85. The molecule has 1 aromatic rings. The predicted octanol–water partition coefficient (Wildman–Crippen LogP) is 2.24. The number of nitrogens with zero attached hydrogens (tertiary/aromatic N) is 1. The van der Waals surface area contributed by atoms with Crippen molar-refractivity contribution < 1.29 is 13.9 Å². The summed E-state index contributed by atoms with van der Waals surface area (Å²) < 4.78 is 24.4. The highest BCUT2D eigenvalue weighted by atomic mass is 19.1. The summed E-state index contributed by atoms with van der Waals surface area (Å²) in [5.74, 6) is 0.108. The first-order valence-electron chi connectivity index (χ1n) is 6.51. The van der Waals surface area contributed by atoms with Gasteiger partial charge in [0.05, 0.1) is 5.69 Å². The summed E-state index contributed by atoms with van der Waals surface area (Å²) >= 11 is 0. The Hall–Kier alpha value is -1.33. The van der Waals surface area contributed by atoms with E-state index >= 15 is 0 Å². The van der Waals surface area contributed by atoms with E-state index in [1.165, 1.54) is 6.07 Å². The average molecular weight is 268 g/mol. The van der Waals surface area contributed by atoms with Crippen LogP contribution in [0.5, 0.6) is 0 Å². The maximum Gasteiger partial charge on any atom is 0.159 e. The van der Waals surface area contributed by atoms with Crippen LogP contribution in [0.15, 0.2) is 18.2 Å². The Morgan fingerprint density at radius 3 is 2.42 bits per heavy atom. The van der Waals surface area contributed by atoms with Crippen molar-refractivity contribution >= 4 is 11.4 Å². The van der Waals surface area contributed by atoms with Gasteiger partial charge in [0.15, 0.2) is 6.29 Å². The molecule has 19 heavy (non-hydrogen) atoms. The van der Waals surface area contributed by atoms with Gasteiger partial charge in [0, 0.05) is 38.9 Å². The van der Waals surface area contributed by atoms with Crippen LogP contribution < -0.4 is 10.6 Å². The minimum atomic E-state index is -0.256. The average Bonchev–Trinajstić information content (AvgIpc) is 2.41. The minimum absolute atomic E-state index is 0.168. The molecule has 1 heterocycles. The van der Waals surface area contributed by atoms with Crippen LogP contribution in [0.4, 0.5) is 15.8 Å².